The number of nitrogens with one attached hydrogen (secondary N) is 1. The normalized spacial score (nSPS) is 5.33. The van der Waals surface area contributed by atoms with Crippen LogP contribution in [0, 0.1) is 0 Å². The van der Waals surface area contributed by atoms with Crippen LogP contribution in [0.1, 0.15) is 0 Å². The number of rotatable bonds is 0. The number of H-pyrrole nitrogens is 1. The zero-order valence-electron chi connectivity index (χ0n) is 4.89. The summed E-state index contributed by atoms with van der Waals surface area (Å²) in [5.74, 6) is 0. The summed E-state index contributed by atoms with van der Waals surface area (Å²) in [4.78, 5) is 1.50. The second-order valence-electron chi connectivity index (χ2n) is 0.746. The molecule has 0 amide bonds. The van der Waals surface area contributed by atoms with Crippen LogP contribution in [0.5, 0.6) is 0 Å². The van der Waals surface area contributed by atoms with Crippen molar-refractivity contribution >= 4 is 0 Å². The molecule has 0 aliphatic heterocycles. The van der Waals surface area contributed by atoms with E-state index in [9.17, 15) is 0 Å². The Balaban J connectivity index is 0. The third-order valence-electron chi connectivity index (χ3n) is 0.331. The van der Waals surface area contributed by atoms with Crippen molar-refractivity contribution < 1.29 is 29.6 Å². The minimum atomic E-state index is 0. The van der Waals surface area contributed by atoms with Crippen LogP contribution in [0.2, 0.25) is 0 Å². The van der Waals surface area contributed by atoms with Crippen molar-refractivity contribution in [1.29, 1.82) is 0 Å². The molecule has 0 saturated carbocycles. The zero-order valence-corrected chi connectivity index (χ0v) is 6.89. The second kappa shape index (κ2) is 10.4. The first-order chi connectivity index (χ1) is 3.91. The number of hydrogen-bond donors (Lipinski definition) is 1. The molecule has 0 atom stereocenters. The fourth-order valence-electron chi connectivity index (χ4n) is 0.167. The van der Waals surface area contributed by atoms with Gasteiger partial charge >= 0.3 is 29.6 Å². The molecule has 0 fully saturated rings. The van der Waals surface area contributed by atoms with Gasteiger partial charge in [-0.1, -0.05) is 0 Å². The summed E-state index contributed by atoms with van der Waals surface area (Å²) in [6.45, 7) is 0. The first-order valence-electron chi connectivity index (χ1n) is 1.70. The first-order valence-corrected chi connectivity index (χ1v) is 1.70. The fraction of sp³-hybridized carbons (Fsp3) is 0. The molecular formula is C2H3N6Na. The molecular weight excluding hydrogens is 131 g/mol. The van der Waals surface area contributed by atoms with E-state index in [1.54, 1.807) is 12.4 Å². The fourth-order valence-corrected chi connectivity index (χ4v) is 0.167. The predicted octanol–water partition coefficient (Wildman–Crippen LogP) is -2.33. The van der Waals surface area contributed by atoms with Crippen LogP contribution in [-0.2, 0) is 0 Å². The van der Waals surface area contributed by atoms with E-state index in [0.29, 0.717) is 0 Å². The van der Waals surface area contributed by atoms with E-state index in [1.165, 1.54) is 4.91 Å². The smallest absolute Gasteiger partial charge is 0.373 e. The Labute approximate surface area is 73.4 Å². The van der Waals surface area contributed by atoms with E-state index in [1.807, 2.05) is 0 Å². The molecule has 42 valence electrons. The molecule has 0 aromatic carbocycles. The van der Waals surface area contributed by atoms with E-state index in [4.69, 9.17) is 11.1 Å². The average Bonchev–Trinajstić information content (AvgIpc) is 2.17. The first kappa shape index (κ1) is 11.3. The van der Waals surface area contributed by atoms with Crippen LogP contribution in [0.4, 0.5) is 0 Å². The Morgan fingerprint density at radius 2 is 1.56 bits per heavy atom. The van der Waals surface area contributed by atoms with Gasteiger partial charge in [-0.2, -0.15) is 15.4 Å². The van der Waals surface area contributed by atoms with Gasteiger partial charge in [-0.15, -0.1) is 0 Å². The van der Waals surface area contributed by atoms with Gasteiger partial charge in [-0.25, -0.2) is 0 Å². The maximum absolute atomic E-state index is 6.75. The summed E-state index contributed by atoms with van der Waals surface area (Å²) in [5, 5.41) is 9.33. The molecule has 1 rings (SSSR count). The van der Waals surface area contributed by atoms with Gasteiger partial charge in [0.2, 0.25) is 0 Å². The van der Waals surface area contributed by atoms with Crippen molar-refractivity contribution in [3.05, 3.63) is 28.4 Å². The number of hydrogen-bond acceptors (Lipinski definition) is 2. The molecule has 0 unspecified atom stereocenters. The minimum absolute atomic E-state index is 0. The van der Waals surface area contributed by atoms with Crippen LogP contribution in [-0.4, -0.2) is 15.4 Å². The molecule has 0 saturated heterocycles. The molecule has 9 heavy (non-hydrogen) atoms. The van der Waals surface area contributed by atoms with Crippen molar-refractivity contribution in [2.24, 2.45) is 0 Å². The Kier molecular flexibility index (Phi) is 13.1. The molecule has 0 spiro atoms. The van der Waals surface area contributed by atoms with Gasteiger partial charge < -0.3 is 11.1 Å². The molecule has 1 aromatic rings. The molecule has 1 heterocycles. The van der Waals surface area contributed by atoms with Gasteiger partial charge in [0.05, 0.1) is 12.4 Å². The summed E-state index contributed by atoms with van der Waals surface area (Å²) in [5.41, 5.74) is 13.5. The van der Waals surface area contributed by atoms with Gasteiger partial charge in [-0.3, -0.25) is 4.91 Å². The number of aromatic nitrogens is 3. The van der Waals surface area contributed by atoms with E-state index in [2.05, 4.69) is 15.4 Å². The SMILES string of the molecule is [N-]=[N+]=[N-].[Na+].c1cn[nH]n1. The van der Waals surface area contributed by atoms with Crippen LogP contribution in [0.15, 0.2) is 12.4 Å². The summed E-state index contributed by atoms with van der Waals surface area (Å²) in [6, 6.07) is 0. The van der Waals surface area contributed by atoms with E-state index in [0.717, 1.165) is 0 Å². The van der Waals surface area contributed by atoms with E-state index < -0.39 is 0 Å². The molecule has 0 aliphatic rings. The maximum Gasteiger partial charge on any atom is 1.00 e. The van der Waals surface area contributed by atoms with Crippen LogP contribution < -0.4 is 29.6 Å². The largest absolute Gasteiger partial charge is 1.00 e. The van der Waals surface area contributed by atoms with Crippen LogP contribution >= 0.6 is 0 Å². The molecule has 0 aliphatic carbocycles. The molecule has 1 N–H and O–H groups in total. The van der Waals surface area contributed by atoms with Crippen molar-refractivity contribution in [1.82, 2.24) is 15.4 Å². The average molecular weight is 134 g/mol. The topological polar surface area (TPSA) is 100 Å². The Bertz CT molecular complexity index is 123. The predicted molar refractivity (Wildman–Crippen MR) is 26.5 cm³/mol. The monoisotopic (exact) mass is 134 g/mol. The van der Waals surface area contributed by atoms with Crippen molar-refractivity contribution in [2.75, 3.05) is 0 Å². The van der Waals surface area contributed by atoms with Crippen molar-refractivity contribution in [2.45, 2.75) is 0 Å². The van der Waals surface area contributed by atoms with Gasteiger partial charge in [0.25, 0.3) is 0 Å². The van der Waals surface area contributed by atoms with E-state index in [-0.39, 0.29) is 29.6 Å². The van der Waals surface area contributed by atoms with Gasteiger partial charge in [0.1, 0.15) is 0 Å². The van der Waals surface area contributed by atoms with Gasteiger partial charge in [0.15, 0.2) is 0 Å². The molecule has 0 radical (unpaired) electrons. The molecule has 7 heteroatoms. The maximum atomic E-state index is 6.75. The third-order valence-corrected chi connectivity index (χ3v) is 0.331. The Morgan fingerprint density at radius 3 is 1.67 bits per heavy atom. The zero-order chi connectivity index (χ0) is 6.24. The third kappa shape index (κ3) is 11.2. The second-order valence-corrected chi connectivity index (χ2v) is 0.746. The number of aromatic amines is 1. The summed E-state index contributed by atoms with van der Waals surface area (Å²) in [7, 11) is 0. The summed E-state index contributed by atoms with van der Waals surface area (Å²) < 4.78 is 0. The molecule has 1 aromatic heterocycles. The molecule has 6 nitrogen and oxygen atoms in total. The quantitative estimate of drug-likeness (QED) is 0.186. The Hall–Kier alpha value is -0.550. The minimum Gasteiger partial charge on any atom is -0.373 e. The van der Waals surface area contributed by atoms with Gasteiger partial charge in [-0.05, 0) is 0 Å². The summed E-state index contributed by atoms with van der Waals surface area (Å²) in [6.07, 6.45) is 3.17. The standard InChI is InChI=1S/C2H3N3.N3.Na/c1-2-4-5-3-1;1-3-2;/h1-2H,(H,3,4,5);;/q;-1;+1. The van der Waals surface area contributed by atoms with Crippen molar-refractivity contribution in [3.8, 4) is 0 Å². The molecule has 0 bridgehead atoms. The number of nitrogens with zero attached hydrogens (tertiary/aromatic N) is 5. The summed E-state index contributed by atoms with van der Waals surface area (Å²) >= 11 is 0. The van der Waals surface area contributed by atoms with Gasteiger partial charge in [0, 0.05) is 0 Å². The van der Waals surface area contributed by atoms with E-state index >= 15 is 0 Å². The van der Waals surface area contributed by atoms with Crippen molar-refractivity contribution in [3.63, 3.8) is 0 Å². The van der Waals surface area contributed by atoms with Crippen LogP contribution in [0.25, 0.3) is 16.0 Å². The van der Waals surface area contributed by atoms with Crippen LogP contribution in [0.3, 0.4) is 0 Å². The Morgan fingerprint density at radius 1 is 1.22 bits per heavy atom.